The number of nitrogens with one attached hydrogen (secondary N) is 1. The van der Waals surface area contributed by atoms with Crippen LogP contribution in [0.2, 0.25) is 5.02 Å². The van der Waals surface area contributed by atoms with E-state index in [0.717, 1.165) is 0 Å². The van der Waals surface area contributed by atoms with Crippen LogP contribution in [0.5, 0.6) is 0 Å². The summed E-state index contributed by atoms with van der Waals surface area (Å²) in [6.45, 7) is 0. The van der Waals surface area contributed by atoms with Crippen LogP contribution in [0.15, 0.2) is 16.6 Å². The van der Waals surface area contributed by atoms with Gasteiger partial charge in [0.25, 0.3) is 0 Å². The number of hydrogen-bond donors (Lipinski definition) is 1. The first-order valence-electron chi connectivity index (χ1n) is 3.80. The van der Waals surface area contributed by atoms with Crippen molar-refractivity contribution in [2.24, 2.45) is 0 Å². The first-order chi connectivity index (χ1) is 6.89. The van der Waals surface area contributed by atoms with Gasteiger partial charge in [0.15, 0.2) is 0 Å². The second-order valence-electron chi connectivity index (χ2n) is 2.84. The molecule has 0 fully saturated rings. The maximum atomic E-state index is 12.3. The Bertz CT molecular complexity index is 481. The van der Waals surface area contributed by atoms with Gasteiger partial charge in [0.2, 0.25) is 5.82 Å². The van der Waals surface area contributed by atoms with Crippen LogP contribution in [0.25, 0.3) is 11.0 Å². The third-order valence-electron chi connectivity index (χ3n) is 1.81. The number of rotatable bonds is 0. The lowest BCUT2D eigenvalue weighted by Gasteiger charge is -1.99. The first kappa shape index (κ1) is 10.8. The molecule has 80 valence electrons. The average molecular weight is 299 g/mol. The van der Waals surface area contributed by atoms with Crippen molar-refractivity contribution < 1.29 is 13.2 Å². The molecule has 1 aromatic carbocycles. The quantitative estimate of drug-likeness (QED) is 0.782. The number of halogens is 5. The summed E-state index contributed by atoms with van der Waals surface area (Å²) in [6, 6.07) is 3.04. The van der Waals surface area contributed by atoms with E-state index in [1.807, 2.05) is 0 Å². The number of hydrogen-bond acceptors (Lipinski definition) is 1. The third-order valence-corrected chi connectivity index (χ3v) is 2.78. The Labute approximate surface area is 95.6 Å². The molecule has 0 saturated carbocycles. The molecule has 7 heteroatoms. The molecule has 0 radical (unpaired) electrons. The Hall–Kier alpha value is -0.750. The van der Waals surface area contributed by atoms with Crippen LogP contribution in [0.1, 0.15) is 5.82 Å². The highest BCUT2D eigenvalue weighted by Crippen LogP contribution is 2.33. The minimum Gasteiger partial charge on any atom is -0.333 e. The van der Waals surface area contributed by atoms with Gasteiger partial charge in [-0.3, -0.25) is 0 Å². The van der Waals surface area contributed by atoms with E-state index < -0.39 is 12.0 Å². The van der Waals surface area contributed by atoms with Crippen molar-refractivity contribution in [1.29, 1.82) is 0 Å². The molecule has 0 amide bonds. The number of aromatic nitrogens is 2. The Kier molecular flexibility index (Phi) is 2.42. The zero-order chi connectivity index (χ0) is 11.2. The van der Waals surface area contributed by atoms with E-state index in [1.165, 1.54) is 6.07 Å². The summed E-state index contributed by atoms with van der Waals surface area (Å²) in [4.78, 5) is 5.58. The van der Waals surface area contributed by atoms with Crippen molar-refractivity contribution in [3.05, 3.63) is 27.5 Å². The molecule has 0 saturated heterocycles. The van der Waals surface area contributed by atoms with E-state index in [-0.39, 0.29) is 16.1 Å². The number of fused-ring (bicyclic) bond motifs is 1. The predicted octanol–water partition coefficient (Wildman–Crippen LogP) is 4.00. The number of alkyl halides is 3. The van der Waals surface area contributed by atoms with Crippen LogP contribution in [0, 0.1) is 0 Å². The van der Waals surface area contributed by atoms with Gasteiger partial charge in [-0.2, -0.15) is 13.2 Å². The van der Waals surface area contributed by atoms with Gasteiger partial charge in [-0.15, -0.1) is 0 Å². The molecule has 0 unspecified atom stereocenters. The van der Waals surface area contributed by atoms with Crippen LogP contribution < -0.4 is 0 Å². The molecule has 0 atom stereocenters. The lowest BCUT2D eigenvalue weighted by molar-refractivity contribution is -0.144. The zero-order valence-corrected chi connectivity index (χ0v) is 9.33. The second kappa shape index (κ2) is 3.38. The lowest BCUT2D eigenvalue weighted by Crippen LogP contribution is -2.06. The van der Waals surface area contributed by atoms with Crippen LogP contribution in [0.4, 0.5) is 13.2 Å². The monoisotopic (exact) mass is 298 g/mol. The molecule has 0 aliphatic carbocycles. The van der Waals surface area contributed by atoms with Crippen molar-refractivity contribution in [2.45, 2.75) is 6.18 Å². The van der Waals surface area contributed by atoms with Gasteiger partial charge in [-0.05, 0) is 28.1 Å². The molecule has 0 spiro atoms. The maximum absolute atomic E-state index is 12.3. The molecule has 2 nitrogen and oxygen atoms in total. The maximum Gasteiger partial charge on any atom is 0.449 e. The third kappa shape index (κ3) is 1.83. The van der Waals surface area contributed by atoms with E-state index in [1.54, 1.807) is 6.07 Å². The lowest BCUT2D eigenvalue weighted by atomic mass is 10.3. The minimum absolute atomic E-state index is 0.110. The normalized spacial score (nSPS) is 12.3. The van der Waals surface area contributed by atoms with E-state index in [0.29, 0.717) is 4.47 Å². The molecule has 1 heterocycles. The molecular formula is C8H3BrClF3N2. The molecule has 2 rings (SSSR count). The van der Waals surface area contributed by atoms with Gasteiger partial charge >= 0.3 is 6.18 Å². The Morgan fingerprint density at radius 2 is 2.00 bits per heavy atom. The largest absolute Gasteiger partial charge is 0.449 e. The van der Waals surface area contributed by atoms with Crippen LogP contribution in [0.3, 0.4) is 0 Å². The standard InChI is InChI=1S/C8H3BrClF3N2/c9-3-1-2-4(10)6-5(3)14-7(15-6)8(11,12)13/h1-2H,(H,14,15). The average Bonchev–Trinajstić information content (AvgIpc) is 2.56. The van der Waals surface area contributed by atoms with Gasteiger partial charge in [0.05, 0.1) is 10.5 Å². The molecule has 1 N–H and O–H groups in total. The summed E-state index contributed by atoms with van der Waals surface area (Å²) in [5.41, 5.74) is 0.355. The van der Waals surface area contributed by atoms with Gasteiger partial charge in [-0.1, -0.05) is 11.6 Å². The summed E-state index contributed by atoms with van der Waals surface area (Å²) in [5, 5.41) is 0.181. The highest BCUT2D eigenvalue weighted by Gasteiger charge is 2.35. The molecular weight excluding hydrogens is 296 g/mol. The smallest absolute Gasteiger partial charge is 0.333 e. The molecule has 2 aromatic rings. The molecule has 0 aliphatic heterocycles. The number of benzene rings is 1. The van der Waals surface area contributed by atoms with Crippen molar-refractivity contribution in [2.75, 3.05) is 0 Å². The fraction of sp³-hybridized carbons (Fsp3) is 0.125. The Morgan fingerprint density at radius 3 is 2.53 bits per heavy atom. The zero-order valence-electron chi connectivity index (χ0n) is 6.99. The van der Waals surface area contributed by atoms with Gasteiger partial charge in [0.1, 0.15) is 5.52 Å². The van der Waals surface area contributed by atoms with E-state index in [9.17, 15) is 13.2 Å². The second-order valence-corrected chi connectivity index (χ2v) is 4.10. The number of H-pyrrole nitrogens is 1. The minimum atomic E-state index is -4.50. The van der Waals surface area contributed by atoms with Crippen molar-refractivity contribution in [3.63, 3.8) is 0 Å². The summed E-state index contributed by atoms with van der Waals surface area (Å²) >= 11 is 8.84. The van der Waals surface area contributed by atoms with Gasteiger partial charge < -0.3 is 4.98 Å². The molecule has 0 aliphatic rings. The summed E-state index contributed by atoms with van der Waals surface area (Å²) in [6.07, 6.45) is -4.50. The predicted molar refractivity (Wildman–Crippen MR) is 53.8 cm³/mol. The van der Waals surface area contributed by atoms with E-state index >= 15 is 0 Å². The fourth-order valence-corrected chi connectivity index (χ4v) is 1.78. The molecule has 0 bridgehead atoms. The van der Waals surface area contributed by atoms with Gasteiger partial charge in [-0.25, -0.2) is 4.98 Å². The molecule has 1 aromatic heterocycles. The number of nitrogens with zero attached hydrogens (tertiary/aromatic N) is 1. The SMILES string of the molecule is FC(F)(F)c1nc2c(Cl)ccc(Br)c2[nH]1. The molecule has 15 heavy (non-hydrogen) atoms. The van der Waals surface area contributed by atoms with Crippen LogP contribution in [-0.2, 0) is 6.18 Å². The fourth-order valence-electron chi connectivity index (χ4n) is 1.16. The summed E-state index contributed by atoms with van der Waals surface area (Å²) < 4.78 is 37.5. The summed E-state index contributed by atoms with van der Waals surface area (Å²) in [7, 11) is 0. The highest BCUT2D eigenvalue weighted by molar-refractivity contribution is 9.10. The summed E-state index contributed by atoms with van der Waals surface area (Å²) in [5.74, 6) is -1.05. The van der Waals surface area contributed by atoms with E-state index in [4.69, 9.17) is 11.6 Å². The van der Waals surface area contributed by atoms with Crippen LogP contribution in [-0.4, -0.2) is 9.97 Å². The number of imidazole rings is 1. The van der Waals surface area contributed by atoms with Crippen molar-refractivity contribution >= 4 is 38.6 Å². The van der Waals surface area contributed by atoms with Crippen molar-refractivity contribution in [3.8, 4) is 0 Å². The Balaban J connectivity index is 2.76. The number of aromatic amines is 1. The first-order valence-corrected chi connectivity index (χ1v) is 4.97. The van der Waals surface area contributed by atoms with Crippen molar-refractivity contribution in [1.82, 2.24) is 9.97 Å². The van der Waals surface area contributed by atoms with E-state index in [2.05, 4.69) is 25.9 Å². The van der Waals surface area contributed by atoms with Gasteiger partial charge in [0, 0.05) is 4.47 Å². The highest BCUT2D eigenvalue weighted by atomic mass is 79.9. The van der Waals surface area contributed by atoms with Crippen LogP contribution >= 0.6 is 27.5 Å². The Morgan fingerprint density at radius 1 is 1.33 bits per heavy atom. The topological polar surface area (TPSA) is 28.7 Å².